The average molecular weight is 308 g/mol. The third kappa shape index (κ3) is 3.25. The molecule has 1 heterocycles. The Labute approximate surface area is 123 Å². The standard InChI is InChI=1S/C14H16N2O4S/c1-9-3-4-11(10(2)12-5-6-20-8-12)7-13(9)21(18,19)16-14(15)17/h3-8,10H,1-2H3,(H3,15,16,17). The molecular formula is C14H16N2O4S. The number of nitrogens with one attached hydrogen (secondary N) is 1. The Morgan fingerprint density at radius 1 is 1.29 bits per heavy atom. The largest absolute Gasteiger partial charge is 0.472 e. The molecule has 6 nitrogen and oxygen atoms in total. The van der Waals surface area contributed by atoms with Crippen molar-refractivity contribution in [1.82, 2.24) is 4.72 Å². The van der Waals surface area contributed by atoms with Crippen molar-refractivity contribution in [2.45, 2.75) is 24.7 Å². The molecule has 3 N–H and O–H groups in total. The van der Waals surface area contributed by atoms with E-state index in [9.17, 15) is 13.2 Å². The number of urea groups is 1. The molecule has 2 amide bonds. The molecule has 1 aromatic heterocycles. The molecule has 1 atom stereocenters. The van der Waals surface area contributed by atoms with Gasteiger partial charge in [0.05, 0.1) is 17.4 Å². The summed E-state index contributed by atoms with van der Waals surface area (Å²) in [5.74, 6) is -0.0353. The predicted octanol–water partition coefficient (Wildman–Crippen LogP) is 2.10. The quantitative estimate of drug-likeness (QED) is 0.902. The van der Waals surface area contributed by atoms with Crippen LogP contribution in [0.4, 0.5) is 4.79 Å². The second-order valence-electron chi connectivity index (χ2n) is 4.77. The van der Waals surface area contributed by atoms with Gasteiger partial charge in [-0.05, 0) is 35.7 Å². The van der Waals surface area contributed by atoms with E-state index in [0.29, 0.717) is 5.56 Å². The van der Waals surface area contributed by atoms with Crippen LogP contribution < -0.4 is 10.5 Å². The van der Waals surface area contributed by atoms with Crippen LogP contribution in [0.5, 0.6) is 0 Å². The van der Waals surface area contributed by atoms with Gasteiger partial charge in [0.15, 0.2) is 0 Å². The third-order valence-corrected chi connectivity index (χ3v) is 4.77. The second kappa shape index (κ2) is 5.61. The zero-order valence-corrected chi connectivity index (χ0v) is 12.5. The van der Waals surface area contributed by atoms with E-state index in [0.717, 1.165) is 11.1 Å². The van der Waals surface area contributed by atoms with E-state index in [4.69, 9.17) is 10.2 Å². The Hall–Kier alpha value is -2.28. The number of carbonyl (C=O) groups is 1. The van der Waals surface area contributed by atoms with E-state index in [2.05, 4.69) is 0 Å². The molecule has 1 aromatic carbocycles. The summed E-state index contributed by atoms with van der Waals surface area (Å²) in [6.07, 6.45) is 3.17. The van der Waals surface area contributed by atoms with Gasteiger partial charge < -0.3 is 10.2 Å². The van der Waals surface area contributed by atoms with Gasteiger partial charge in [-0.2, -0.15) is 0 Å². The monoisotopic (exact) mass is 308 g/mol. The van der Waals surface area contributed by atoms with Gasteiger partial charge in [0.25, 0.3) is 10.0 Å². The van der Waals surface area contributed by atoms with E-state index in [1.807, 2.05) is 19.1 Å². The number of benzene rings is 1. The van der Waals surface area contributed by atoms with Crippen LogP contribution in [0.2, 0.25) is 0 Å². The highest BCUT2D eigenvalue weighted by molar-refractivity contribution is 7.90. The molecular weight excluding hydrogens is 292 g/mol. The highest BCUT2D eigenvalue weighted by atomic mass is 32.2. The summed E-state index contributed by atoms with van der Waals surface area (Å²) in [6, 6.07) is 5.79. The minimum Gasteiger partial charge on any atom is -0.472 e. The Bertz CT molecular complexity index is 751. The lowest BCUT2D eigenvalue weighted by atomic mass is 9.95. The molecule has 21 heavy (non-hydrogen) atoms. The Morgan fingerprint density at radius 2 is 2.00 bits per heavy atom. The van der Waals surface area contributed by atoms with Gasteiger partial charge in [-0.25, -0.2) is 17.9 Å². The van der Waals surface area contributed by atoms with Gasteiger partial charge in [-0.1, -0.05) is 19.1 Å². The van der Waals surface area contributed by atoms with Gasteiger partial charge in [0.1, 0.15) is 0 Å². The van der Waals surface area contributed by atoms with Crippen LogP contribution in [0.25, 0.3) is 0 Å². The van der Waals surface area contributed by atoms with Crippen LogP contribution in [0.3, 0.4) is 0 Å². The lowest BCUT2D eigenvalue weighted by Gasteiger charge is -2.14. The highest BCUT2D eigenvalue weighted by Crippen LogP contribution is 2.27. The molecule has 112 valence electrons. The molecule has 0 aliphatic rings. The molecule has 2 rings (SSSR count). The first-order valence-corrected chi connectivity index (χ1v) is 7.74. The van der Waals surface area contributed by atoms with Crippen molar-refractivity contribution in [2.75, 3.05) is 0 Å². The van der Waals surface area contributed by atoms with Crippen LogP contribution in [0.1, 0.15) is 29.5 Å². The number of furan rings is 1. The summed E-state index contributed by atoms with van der Waals surface area (Å²) in [6.45, 7) is 3.59. The maximum absolute atomic E-state index is 12.1. The van der Waals surface area contributed by atoms with Crippen LogP contribution in [-0.4, -0.2) is 14.4 Å². The van der Waals surface area contributed by atoms with Gasteiger partial charge in [0, 0.05) is 5.92 Å². The predicted molar refractivity (Wildman–Crippen MR) is 77.3 cm³/mol. The van der Waals surface area contributed by atoms with Crippen molar-refractivity contribution in [3.63, 3.8) is 0 Å². The number of aryl methyl sites for hydroxylation is 1. The van der Waals surface area contributed by atoms with Crippen LogP contribution >= 0.6 is 0 Å². The van der Waals surface area contributed by atoms with E-state index in [-0.39, 0.29) is 10.8 Å². The number of hydrogen-bond acceptors (Lipinski definition) is 4. The highest BCUT2D eigenvalue weighted by Gasteiger charge is 2.20. The molecule has 2 aromatic rings. The van der Waals surface area contributed by atoms with Gasteiger partial charge in [-0.3, -0.25) is 0 Å². The number of amides is 2. The summed E-state index contributed by atoms with van der Waals surface area (Å²) in [5.41, 5.74) is 7.17. The number of sulfonamides is 1. The van der Waals surface area contributed by atoms with E-state index in [1.165, 1.54) is 6.07 Å². The normalized spacial score (nSPS) is 12.9. The van der Waals surface area contributed by atoms with Crippen molar-refractivity contribution >= 4 is 16.1 Å². The molecule has 0 saturated carbocycles. The fourth-order valence-electron chi connectivity index (χ4n) is 2.08. The van der Waals surface area contributed by atoms with Crippen molar-refractivity contribution in [3.8, 4) is 0 Å². The van der Waals surface area contributed by atoms with Gasteiger partial charge in [0.2, 0.25) is 0 Å². The molecule has 0 aliphatic heterocycles. The van der Waals surface area contributed by atoms with E-state index < -0.39 is 16.1 Å². The molecule has 0 spiro atoms. The Kier molecular flexibility index (Phi) is 4.04. The lowest BCUT2D eigenvalue weighted by Crippen LogP contribution is -2.35. The van der Waals surface area contributed by atoms with Gasteiger partial charge in [-0.15, -0.1) is 0 Å². The van der Waals surface area contributed by atoms with E-state index in [1.54, 1.807) is 30.2 Å². The maximum atomic E-state index is 12.1. The smallest absolute Gasteiger partial charge is 0.326 e. The summed E-state index contributed by atoms with van der Waals surface area (Å²) < 4.78 is 31.0. The number of rotatable bonds is 4. The van der Waals surface area contributed by atoms with Crippen molar-refractivity contribution in [3.05, 3.63) is 53.5 Å². The third-order valence-electron chi connectivity index (χ3n) is 3.28. The molecule has 7 heteroatoms. The molecule has 0 saturated heterocycles. The summed E-state index contributed by atoms with van der Waals surface area (Å²) in [5, 5.41) is 0. The minimum absolute atomic E-state index is 0.0353. The second-order valence-corrected chi connectivity index (χ2v) is 6.42. The first-order valence-electron chi connectivity index (χ1n) is 6.26. The summed E-state index contributed by atoms with van der Waals surface area (Å²) in [7, 11) is -3.96. The molecule has 0 fully saturated rings. The zero-order valence-electron chi connectivity index (χ0n) is 11.7. The fraction of sp³-hybridized carbons (Fsp3) is 0.214. The maximum Gasteiger partial charge on any atom is 0.326 e. The van der Waals surface area contributed by atoms with Gasteiger partial charge >= 0.3 is 6.03 Å². The van der Waals surface area contributed by atoms with Crippen molar-refractivity contribution < 1.29 is 17.6 Å². The molecule has 1 unspecified atom stereocenters. The number of hydrogen-bond donors (Lipinski definition) is 2. The molecule has 0 aliphatic carbocycles. The zero-order chi connectivity index (χ0) is 15.6. The first-order chi connectivity index (χ1) is 9.81. The first kappa shape index (κ1) is 15.1. The fourth-order valence-corrected chi connectivity index (χ4v) is 3.23. The van der Waals surface area contributed by atoms with Crippen molar-refractivity contribution in [2.24, 2.45) is 5.73 Å². The number of primary amides is 1. The molecule has 0 radical (unpaired) electrons. The Morgan fingerprint density at radius 3 is 2.57 bits per heavy atom. The lowest BCUT2D eigenvalue weighted by molar-refractivity contribution is 0.253. The van der Waals surface area contributed by atoms with E-state index >= 15 is 0 Å². The van der Waals surface area contributed by atoms with Crippen LogP contribution in [0, 0.1) is 6.92 Å². The minimum atomic E-state index is -3.96. The SMILES string of the molecule is Cc1ccc(C(C)c2ccoc2)cc1S(=O)(=O)NC(N)=O. The van der Waals surface area contributed by atoms with Crippen molar-refractivity contribution in [1.29, 1.82) is 0 Å². The summed E-state index contributed by atoms with van der Waals surface area (Å²) in [4.78, 5) is 10.9. The summed E-state index contributed by atoms with van der Waals surface area (Å²) >= 11 is 0. The molecule has 0 bridgehead atoms. The number of carbonyl (C=O) groups excluding carboxylic acids is 1. The van der Waals surface area contributed by atoms with Crippen LogP contribution in [0.15, 0.2) is 46.1 Å². The average Bonchev–Trinajstić information content (AvgIpc) is 2.90. The Balaban J connectivity index is 2.45. The number of nitrogens with two attached hydrogens (primary N) is 1. The topological polar surface area (TPSA) is 102 Å². The van der Waals surface area contributed by atoms with Crippen LogP contribution in [-0.2, 0) is 10.0 Å².